The molecule has 2 aliphatic heterocycles. The van der Waals surface area contributed by atoms with Crippen LogP contribution in [0, 0.1) is 5.41 Å². The van der Waals surface area contributed by atoms with Crippen molar-refractivity contribution in [1.29, 1.82) is 0 Å². The van der Waals surface area contributed by atoms with Gasteiger partial charge in [-0.15, -0.1) is 22.0 Å². The molecule has 2 saturated heterocycles. The summed E-state index contributed by atoms with van der Waals surface area (Å²) < 4.78 is 14.1. The molecular weight excluding hydrogens is 492 g/mol. The van der Waals surface area contributed by atoms with Crippen LogP contribution in [0.3, 0.4) is 0 Å². The van der Waals surface area contributed by atoms with E-state index in [1.165, 1.54) is 47.9 Å². The van der Waals surface area contributed by atoms with Gasteiger partial charge in [-0.2, -0.15) is 5.21 Å². The summed E-state index contributed by atoms with van der Waals surface area (Å²) >= 11 is 2.39. The molecule has 5 atom stereocenters. The van der Waals surface area contributed by atoms with Gasteiger partial charge in [0.15, 0.2) is 17.0 Å². The van der Waals surface area contributed by atoms with Crippen LogP contribution in [0.4, 0.5) is 0 Å². The van der Waals surface area contributed by atoms with E-state index in [9.17, 15) is 28.8 Å². The Kier molecular flexibility index (Phi) is 6.37. The average Bonchev–Trinajstić information content (AvgIpc) is 3.29. The number of hydrogen-bond acceptors (Lipinski definition) is 10. The fourth-order valence-corrected chi connectivity index (χ4v) is 7.89. The van der Waals surface area contributed by atoms with Gasteiger partial charge < -0.3 is 15.1 Å². The number of nitrogens with zero attached hydrogens (tertiary/aromatic N) is 5. The minimum atomic E-state index is -1.97. The number of nitrogens with one attached hydrogen (secondary N) is 1. The van der Waals surface area contributed by atoms with E-state index in [0.717, 1.165) is 16.1 Å². The predicted octanol–water partition coefficient (Wildman–Crippen LogP) is 0.312. The maximum absolute atomic E-state index is 13.1. The van der Waals surface area contributed by atoms with Crippen LogP contribution in [0.15, 0.2) is 34.3 Å². The number of carboxylic acid groups (broad SMARTS) is 1. The molecule has 15 heteroatoms. The first-order chi connectivity index (χ1) is 15.7. The predicted molar refractivity (Wildman–Crippen MR) is 118 cm³/mol. The molecule has 0 bridgehead atoms. The molecule has 0 aliphatic carbocycles. The van der Waals surface area contributed by atoms with Crippen LogP contribution in [0.25, 0.3) is 0 Å². The second-order valence-electron chi connectivity index (χ2n) is 7.62. The van der Waals surface area contributed by atoms with Gasteiger partial charge in [0.1, 0.15) is 16.5 Å². The second-order valence-corrected chi connectivity index (χ2v) is 11.4. The molecule has 3 heterocycles. The van der Waals surface area contributed by atoms with Crippen molar-refractivity contribution in [3.8, 4) is 5.75 Å². The molecule has 3 N–H and O–H groups in total. The SMILES string of the molecule is CC(=O)N(C1C(=O)N2CC(C(=O)O)(C(C)Sc3nn[nH]n3)CS[C@H]12)S(=O)c1ccc(O)cc1. The molecule has 33 heavy (non-hydrogen) atoms. The van der Waals surface area contributed by atoms with Crippen LogP contribution in [0.5, 0.6) is 5.75 Å². The van der Waals surface area contributed by atoms with Crippen molar-refractivity contribution in [1.82, 2.24) is 29.8 Å². The fourth-order valence-electron chi connectivity index (χ4n) is 3.77. The Morgan fingerprint density at radius 3 is 2.67 bits per heavy atom. The monoisotopic (exact) mass is 512 g/mol. The average molecular weight is 513 g/mol. The number of β-lactam (4-membered cyclic amide) rings is 1. The number of thioether (sulfide) groups is 2. The Morgan fingerprint density at radius 2 is 2.09 bits per heavy atom. The summed E-state index contributed by atoms with van der Waals surface area (Å²) in [4.78, 5) is 39.5. The molecule has 4 rings (SSSR count). The molecule has 2 fully saturated rings. The van der Waals surface area contributed by atoms with E-state index >= 15 is 0 Å². The highest BCUT2D eigenvalue weighted by Gasteiger charge is 2.61. The number of benzene rings is 1. The molecule has 2 aliphatic rings. The van der Waals surface area contributed by atoms with Crippen molar-refractivity contribution in [3.63, 3.8) is 0 Å². The molecular formula is C18H20N6O6S3. The van der Waals surface area contributed by atoms with E-state index in [-0.39, 0.29) is 22.9 Å². The fraction of sp³-hybridized carbons (Fsp3) is 0.444. The number of aromatic amines is 1. The number of aromatic hydroxyl groups is 1. The number of hydrogen-bond donors (Lipinski definition) is 3. The summed E-state index contributed by atoms with van der Waals surface area (Å²) in [5, 5.41) is 32.3. The number of tetrazole rings is 1. The van der Waals surface area contributed by atoms with Crippen molar-refractivity contribution < 1.29 is 28.8 Å². The first-order valence-electron chi connectivity index (χ1n) is 9.72. The van der Waals surface area contributed by atoms with Crippen LogP contribution in [0.1, 0.15) is 13.8 Å². The zero-order chi connectivity index (χ0) is 23.9. The first-order valence-corrected chi connectivity index (χ1v) is 12.8. The largest absolute Gasteiger partial charge is 0.508 e. The number of amides is 2. The lowest BCUT2D eigenvalue weighted by Crippen LogP contribution is -2.75. The Bertz CT molecular complexity index is 1100. The summed E-state index contributed by atoms with van der Waals surface area (Å²) in [5.74, 6) is -1.90. The standard InChI is InChI=1S/C18H20N6O6S3/c1-9(32-17-19-21-22-20-17)18(16(28)29)7-23-14(27)13(15(23)31-8-18)24(10(2)25)33(30)12-5-3-11(26)4-6-12/h3-6,9,13,15,26H,7-8H2,1-2H3,(H,28,29)(H,19,20,21,22)/t9?,13?,15-,18?,33?/m1/s1. The smallest absolute Gasteiger partial charge is 0.313 e. The molecule has 0 radical (unpaired) electrons. The van der Waals surface area contributed by atoms with Crippen LogP contribution >= 0.6 is 23.5 Å². The molecule has 176 valence electrons. The molecule has 1 aromatic carbocycles. The molecule has 2 amide bonds. The zero-order valence-corrected chi connectivity index (χ0v) is 19.9. The number of fused-ring (bicyclic) bond motifs is 1. The third-order valence-electron chi connectivity index (χ3n) is 5.67. The molecule has 1 aromatic heterocycles. The molecule has 2 aromatic rings. The number of carbonyl (C=O) groups excluding carboxylic acids is 2. The summed E-state index contributed by atoms with van der Waals surface area (Å²) in [5.41, 5.74) is -1.27. The lowest BCUT2D eigenvalue weighted by Gasteiger charge is -2.56. The third kappa shape index (κ3) is 4.08. The minimum Gasteiger partial charge on any atom is -0.508 e. The summed E-state index contributed by atoms with van der Waals surface area (Å²) in [6.07, 6.45) is 0. The number of phenols is 1. The van der Waals surface area contributed by atoms with Crippen LogP contribution in [-0.4, -0.2) is 91.0 Å². The summed E-state index contributed by atoms with van der Waals surface area (Å²) in [6, 6.07) is 4.55. The van der Waals surface area contributed by atoms with Gasteiger partial charge in [0.25, 0.3) is 5.91 Å². The van der Waals surface area contributed by atoms with Gasteiger partial charge in [-0.05, 0) is 29.5 Å². The number of carbonyl (C=O) groups is 3. The van der Waals surface area contributed by atoms with E-state index < -0.39 is 50.8 Å². The summed E-state index contributed by atoms with van der Waals surface area (Å²) in [6.45, 7) is 2.91. The Labute approximate surface area is 199 Å². The van der Waals surface area contributed by atoms with E-state index in [4.69, 9.17) is 0 Å². The summed E-state index contributed by atoms with van der Waals surface area (Å²) in [7, 11) is -1.97. The highest BCUT2D eigenvalue weighted by molar-refractivity contribution is 8.01. The number of phenolic OH excluding ortho intramolecular Hbond substituents is 1. The van der Waals surface area contributed by atoms with Crippen molar-refractivity contribution in [3.05, 3.63) is 24.3 Å². The molecule has 12 nitrogen and oxygen atoms in total. The maximum Gasteiger partial charge on any atom is 0.313 e. The minimum absolute atomic E-state index is 0.0170. The van der Waals surface area contributed by atoms with E-state index in [2.05, 4.69) is 20.6 Å². The Hall–Kier alpha value is -2.65. The number of carboxylic acids is 1. The van der Waals surface area contributed by atoms with Gasteiger partial charge in [0, 0.05) is 24.5 Å². The Balaban J connectivity index is 1.55. The number of H-pyrrole nitrogens is 1. The lowest BCUT2D eigenvalue weighted by molar-refractivity contribution is -0.162. The van der Waals surface area contributed by atoms with Crippen LogP contribution in [-0.2, 0) is 25.4 Å². The van der Waals surface area contributed by atoms with E-state index in [0.29, 0.717) is 5.16 Å². The van der Waals surface area contributed by atoms with Crippen molar-refractivity contribution >= 4 is 52.3 Å². The van der Waals surface area contributed by atoms with E-state index in [1.54, 1.807) is 6.92 Å². The third-order valence-corrected chi connectivity index (χ3v) is 9.91. The van der Waals surface area contributed by atoms with Gasteiger partial charge in [-0.3, -0.25) is 14.4 Å². The number of rotatable bonds is 7. The van der Waals surface area contributed by atoms with E-state index in [1.807, 2.05) is 0 Å². The highest BCUT2D eigenvalue weighted by Crippen LogP contribution is 2.48. The molecule has 0 saturated carbocycles. The van der Waals surface area contributed by atoms with Crippen LogP contribution in [0.2, 0.25) is 0 Å². The van der Waals surface area contributed by atoms with Crippen molar-refractivity contribution in [2.45, 2.75) is 40.6 Å². The molecule has 0 spiro atoms. The van der Waals surface area contributed by atoms with Gasteiger partial charge in [0.05, 0.1) is 4.90 Å². The number of aromatic nitrogens is 4. The first kappa shape index (κ1) is 23.5. The van der Waals surface area contributed by atoms with Crippen molar-refractivity contribution in [2.75, 3.05) is 12.3 Å². The topological polar surface area (TPSA) is 170 Å². The van der Waals surface area contributed by atoms with Gasteiger partial charge in [-0.25, -0.2) is 8.51 Å². The quantitative estimate of drug-likeness (QED) is 0.345. The Morgan fingerprint density at radius 1 is 1.39 bits per heavy atom. The van der Waals surface area contributed by atoms with Gasteiger partial charge >= 0.3 is 5.97 Å². The van der Waals surface area contributed by atoms with Gasteiger partial charge in [-0.1, -0.05) is 18.7 Å². The van der Waals surface area contributed by atoms with Crippen molar-refractivity contribution in [2.24, 2.45) is 5.41 Å². The maximum atomic E-state index is 13.1. The second kappa shape index (κ2) is 8.95. The normalized spacial score (nSPS) is 26.1. The number of aliphatic carboxylic acids is 1. The zero-order valence-electron chi connectivity index (χ0n) is 17.4. The highest BCUT2D eigenvalue weighted by atomic mass is 32.2. The lowest BCUT2D eigenvalue weighted by atomic mass is 9.84. The van der Waals surface area contributed by atoms with Crippen LogP contribution < -0.4 is 0 Å². The molecule has 4 unspecified atom stereocenters. The van der Waals surface area contributed by atoms with Gasteiger partial charge in [0.2, 0.25) is 11.1 Å².